The first-order valence-electron chi connectivity index (χ1n) is 11.3. The Balaban J connectivity index is 1.72. The molecular weight excluding hydrogens is 431 g/mol. The smallest absolute Gasteiger partial charge is 0.187 e. The third-order valence-electron chi connectivity index (χ3n) is 6.15. The van der Waals surface area contributed by atoms with Crippen molar-refractivity contribution < 1.29 is 18.7 Å². The van der Waals surface area contributed by atoms with E-state index in [9.17, 15) is 9.18 Å². The van der Waals surface area contributed by atoms with Gasteiger partial charge in [-0.3, -0.25) is 4.79 Å². The fourth-order valence-corrected chi connectivity index (χ4v) is 4.13. The number of carbonyl (C=O) groups excluding carboxylic acids is 1. The molecule has 0 atom stereocenters. The zero-order chi connectivity index (χ0) is 24.1. The Hall–Kier alpha value is -3.64. The molecule has 3 aromatic rings. The topological polar surface area (TPSA) is 42.0 Å². The molecule has 0 radical (unpaired) electrons. The van der Waals surface area contributed by atoms with Gasteiger partial charge in [0.25, 0.3) is 0 Å². The largest absolute Gasteiger partial charge is 0.497 e. The molecule has 34 heavy (non-hydrogen) atoms. The van der Waals surface area contributed by atoms with Crippen LogP contribution in [0.15, 0.2) is 66.7 Å². The molecule has 3 aromatic carbocycles. The van der Waals surface area contributed by atoms with E-state index in [1.807, 2.05) is 42.5 Å². The number of likely N-dealkylation sites (N-methyl/N-ethyl adjacent to an activating group) is 1. The van der Waals surface area contributed by atoms with Crippen LogP contribution in [0.1, 0.15) is 15.9 Å². The summed E-state index contributed by atoms with van der Waals surface area (Å²) in [6.45, 7) is 3.52. The second-order valence-corrected chi connectivity index (χ2v) is 8.31. The van der Waals surface area contributed by atoms with Crippen molar-refractivity contribution >= 4 is 17.5 Å². The highest BCUT2D eigenvalue weighted by molar-refractivity contribution is 6.11. The van der Waals surface area contributed by atoms with Crippen LogP contribution in [0.5, 0.6) is 11.5 Å². The van der Waals surface area contributed by atoms with Gasteiger partial charge in [0.1, 0.15) is 17.3 Å². The number of rotatable bonds is 7. The number of carbonyl (C=O) groups is 1. The summed E-state index contributed by atoms with van der Waals surface area (Å²) in [5.41, 5.74) is 3.60. The lowest BCUT2D eigenvalue weighted by atomic mass is 9.97. The van der Waals surface area contributed by atoms with Crippen molar-refractivity contribution in [1.82, 2.24) is 4.90 Å². The van der Waals surface area contributed by atoms with Crippen LogP contribution in [0.2, 0.25) is 0 Å². The minimum Gasteiger partial charge on any atom is -0.497 e. The maximum atomic E-state index is 14.4. The first-order chi connectivity index (χ1) is 16.5. The van der Waals surface area contributed by atoms with E-state index >= 15 is 0 Å². The normalized spacial score (nSPS) is 14.4. The molecule has 0 N–H and O–H groups in total. The quantitative estimate of drug-likeness (QED) is 0.360. The third kappa shape index (κ3) is 5.13. The highest BCUT2D eigenvalue weighted by Crippen LogP contribution is 2.34. The number of hydrogen-bond donors (Lipinski definition) is 0. The molecule has 0 amide bonds. The minimum atomic E-state index is -0.439. The average Bonchev–Trinajstić information content (AvgIpc) is 2.87. The van der Waals surface area contributed by atoms with Crippen molar-refractivity contribution in [3.63, 3.8) is 0 Å². The molecule has 0 bridgehead atoms. The molecule has 0 unspecified atom stereocenters. The summed E-state index contributed by atoms with van der Waals surface area (Å²) in [4.78, 5) is 17.9. The Kier molecular flexibility index (Phi) is 7.28. The summed E-state index contributed by atoms with van der Waals surface area (Å²) in [7, 11) is 5.22. The van der Waals surface area contributed by atoms with E-state index in [4.69, 9.17) is 9.47 Å². The predicted molar refractivity (Wildman–Crippen MR) is 134 cm³/mol. The molecule has 1 saturated heterocycles. The fourth-order valence-electron chi connectivity index (χ4n) is 4.13. The van der Waals surface area contributed by atoms with E-state index in [1.165, 1.54) is 25.3 Å². The lowest BCUT2D eigenvalue weighted by molar-refractivity contribution is 0.104. The van der Waals surface area contributed by atoms with Gasteiger partial charge in [0.15, 0.2) is 5.78 Å². The number of hydrogen-bond acceptors (Lipinski definition) is 5. The molecule has 1 aliphatic heterocycles. The highest BCUT2D eigenvalue weighted by atomic mass is 19.1. The second kappa shape index (κ2) is 10.5. The van der Waals surface area contributed by atoms with E-state index in [-0.39, 0.29) is 5.78 Å². The maximum absolute atomic E-state index is 14.4. The van der Waals surface area contributed by atoms with Crippen molar-refractivity contribution in [3.8, 4) is 22.6 Å². The monoisotopic (exact) mass is 460 g/mol. The Morgan fingerprint density at radius 2 is 1.71 bits per heavy atom. The Labute approximate surface area is 200 Å². The van der Waals surface area contributed by atoms with Gasteiger partial charge in [-0.15, -0.1) is 0 Å². The molecule has 4 rings (SSSR count). The van der Waals surface area contributed by atoms with Crippen molar-refractivity contribution in [3.05, 3.63) is 83.7 Å². The van der Waals surface area contributed by atoms with Gasteiger partial charge in [0.2, 0.25) is 0 Å². The van der Waals surface area contributed by atoms with Crippen molar-refractivity contribution in [2.75, 3.05) is 52.3 Å². The van der Waals surface area contributed by atoms with Crippen LogP contribution in [0.4, 0.5) is 10.1 Å². The van der Waals surface area contributed by atoms with E-state index in [0.717, 1.165) is 48.7 Å². The molecule has 1 heterocycles. The molecule has 1 fully saturated rings. The predicted octanol–water partition coefficient (Wildman–Crippen LogP) is 5.16. The van der Waals surface area contributed by atoms with Gasteiger partial charge in [-0.05, 0) is 55.1 Å². The van der Waals surface area contributed by atoms with Gasteiger partial charge in [-0.2, -0.15) is 0 Å². The highest BCUT2D eigenvalue weighted by Gasteiger charge is 2.21. The summed E-state index contributed by atoms with van der Waals surface area (Å²) in [5, 5.41) is 0. The summed E-state index contributed by atoms with van der Waals surface area (Å²) in [5.74, 6) is 0.554. The third-order valence-corrected chi connectivity index (χ3v) is 6.15. The second-order valence-electron chi connectivity index (χ2n) is 8.31. The summed E-state index contributed by atoms with van der Waals surface area (Å²) in [6, 6.07) is 18.2. The molecule has 176 valence electrons. The lowest BCUT2D eigenvalue weighted by Crippen LogP contribution is -2.45. The SMILES string of the molecule is COc1ccc(C=CC(=O)c2cc(-c3ccccc3OC)ccc2N2CCN(C)CC2)c(F)c1. The number of ether oxygens (including phenoxy) is 2. The van der Waals surface area contributed by atoms with Crippen LogP contribution in [-0.4, -0.2) is 58.1 Å². The zero-order valence-corrected chi connectivity index (χ0v) is 19.8. The van der Waals surface area contributed by atoms with Crippen LogP contribution in [0, 0.1) is 5.82 Å². The number of para-hydroxylation sites is 1. The van der Waals surface area contributed by atoms with Gasteiger partial charge in [-0.25, -0.2) is 4.39 Å². The first kappa shape index (κ1) is 23.5. The molecule has 0 aromatic heterocycles. The number of nitrogens with zero attached hydrogens (tertiary/aromatic N) is 2. The Morgan fingerprint density at radius 3 is 2.41 bits per heavy atom. The number of benzene rings is 3. The van der Waals surface area contributed by atoms with Gasteiger partial charge < -0.3 is 19.3 Å². The minimum absolute atomic E-state index is 0.180. The zero-order valence-electron chi connectivity index (χ0n) is 19.8. The summed E-state index contributed by atoms with van der Waals surface area (Å²) in [6.07, 6.45) is 2.95. The van der Waals surface area contributed by atoms with Crippen LogP contribution >= 0.6 is 0 Å². The first-order valence-corrected chi connectivity index (χ1v) is 11.3. The Bertz CT molecular complexity index is 1200. The van der Waals surface area contributed by atoms with Gasteiger partial charge in [-0.1, -0.05) is 24.3 Å². The Morgan fingerprint density at radius 1 is 0.941 bits per heavy atom. The molecule has 6 heteroatoms. The number of allylic oxidation sites excluding steroid dienone is 1. The van der Waals surface area contributed by atoms with Gasteiger partial charge in [0, 0.05) is 54.6 Å². The number of anilines is 1. The van der Waals surface area contributed by atoms with E-state index in [2.05, 4.69) is 16.8 Å². The van der Waals surface area contributed by atoms with E-state index in [0.29, 0.717) is 16.9 Å². The van der Waals surface area contributed by atoms with E-state index < -0.39 is 5.82 Å². The fraction of sp³-hybridized carbons (Fsp3) is 0.250. The van der Waals surface area contributed by atoms with Crippen LogP contribution in [0.3, 0.4) is 0 Å². The maximum Gasteiger partial charge on any atom is 0.187 e. The number of ketones is 1. The molecule has 0 saturated carbocycles. The van der Waals surface area contributed by atoms with Crippen LogP contribution in [0.25, 0.3) is 17.2 Å². The number of piperazine rings is 1. The van der Waals surface area contributed by atoms with E-state index in [1.54, 1.807) is 19.2 Å². The van der Waals surface area contributed by atoms with Crippen LogP contribution in [-0.2, 0) is 0 Å². The molecule has 0 aliphatic carbocycles. The molecule has 1 aliphatic rings. The number of halogens is 1. The van der Waals surface area contributed by atoms with Gasteiger partial charge in [0.05, 0.1) is 14.2 Å². The van der Waals surface area contributed by atoms with Crippen LogP contribution < -0.4 is 14.4 Å². The van der Waals surface area contributed by atoms with Gasteiger partial charge >= 0.3 is 0 Å². The average molecular weight is 461 g/mol. The molecule has 5 nitrogen and oxygen atoms in total. The van der Waals surface area contributed by atoms with Crippen molar-refractivity contribution in [1.29, 1.82) is 0 Å². The number of methoxy groups -OCH3 is 2. The summed E-state index contributed by atoms with van der Waals surface area (Å²) < 4.78 is 25.0. The molecule has 0 spiro atoms. The molecular formula is C28H29FN2O3. The standard InChI is InChI=1S/C28H29FN2O3/c1-30-14-16-31(17-15-30)26-12-9-21(23-6-4-5-7-28(23)34-3)18-24(26)27(32)13-10-20-8-11-22(33-2)19-25(20)29/h4-13,18-19H,14-17H2,1-3H3. The summed E-state index contributed by atoms with van der Waals surface area (Å²) >= 11 is 0. The van der Waals surface area contributed by atoms with Crippen molar-refractivity contribution in [2.45, 2.75) is 0 Å². The lowest BCUT2D eigenvalue weighted by Gasteiger charge is -2.35. The van der Waals surface area contributed by atoms with Crippen molar-refractivity contribution in [2.24, 2.45) is 0 Å².